The average Bonchev–Trinajstić information content (AvgIpc) is 2.59. The molecule has 0 saturated carbocycles. The molecule has 2 rings (SSSR count). The summed E-state index contributed by atoms with van der Waals surface area (Å²) < 4.78 is 15.8. The van der Waals surface area contributed by atoms with Crippen molar-refractivity contribution in [2.24, 2.45) is 0 Å². The van der Waals surface area contributed by atoms with Crippen LogP contribution in [0.2, 0.25) is 5.02 Å². The number of carbonyl (C=O) groups is 2. The number of benzene rings is 2. The number of nitro groups is 1. The summed E-state index contributed by atoms with van der Waals surface area (Å²) in [6.45, 7) is 0.0139. The maximum absolute atomic E-state index is 15.8. The molecule has 0 aliphatic rings. The Labute approximate surface area is 148 Å². The van der Waals surface area contributed by atoms with Gasteiger partial charge in [0.25, 0.3) is 0 Å². The van der Waals surface area contributed by atoms with E-state index in [1.807, 2.05) is 0 Å². The third kappa shape index (κ3) is 3.91. The van der Waals surface area contributed by atoms with Crippen LogP contribution >= 0.6 is 11.6 Å². The molecule has 0 heterocycles. The average molecular weight is 364 g/mol. The molecular weight excluding hydrogens is 349 g/mol. The zero-order chi connectivity index (χ0) is 18.6. The second kappa shape index (κ2) is 7.53. The predicted octanol–water partition coefficient (Wildman–Crippen LogP) is 3.88. The maximum Gasteiger partial charge on any atom is 0.243 e. The van der Waals surface area contributed by atoms with E-state index >= 15 is 4.39 Å². The van der Waals surface area contributed by atoms with Gasteiger partial charge in [-0.2, -0.15) is 0 Å². The van der Waals surface area contributed by atoms with Crippen LogP contribution in [0.5, 0.6) is 0 Å². The van der Waals surface area contributed by atoms with Crippen LogP contribution in [-0.4, -0.2) is 28.7 Å². The van der Waals surface area contributed by atoms with Gasteiger partial charge in [-0.3, -0.25) is 19.7 Å². The molecule has 0 unspecified atom stereocenters. The molecule has 0 N–H and O–H groups in total. The number of ketones is 2. The zero-order valence-corrected chi connectivity index (χ0v) is 14.1. The van der Waals surface area contributed by atoms with E-state index < -0.39 is 34.6 Å². The van der Waals surface area contributed by atoms with Crippen molar-refractivity contribution in [3.63, 3.8) is 0 Å². The number of nitrogens with zero attached hydrogens (tertiary/aromatic N) is 1. The van der Waals surface area contributed by atoms with Gasteiger partial charge >= 0.3 is 0 Å². The Morgan fingerprint density at radius 1 is 1.16 bits per heavy atom. The van der Waals surface area contributed by atoms with E-state index in [1.165, 1.54) is 48.5 Å². The number of hydrogen-bond donors (Lipinski definition) is 0. The smallest absolute Gasteiger partial charge is 0.243 e. The second-order valence-corrected chi connectivity index (χ2v) is 6.02. The van der Waals surface area contributed by atoms with E-state index in [9.17, 15) is 19.7 Å². The van der Waals surface area contributed by atoms with Crippen LogP contribution in [0.3, 0.4) is 0 Å². The summed E-state index contributed by atoms with van der Waals surface area (Å²) >= 11 is 5.80. The quantitative estimate of drug-likeness (QED) is 0.324. The molecule has 7 heteroatoms. The number of hydrogen-bond acceptors (Lipinski definition) is 4. The van der Waals surface area contributed by atoms with Crippen molar-refractivity contribution < 1.29 is 18.9 Å². The molecule has 0 aromatic heterocycles. The fourth-order valence-corrected chi connectivity index (χ4v) is 2.79. The SMILES string of the molecule is CC(=O)[C@](F)(C(=O)c1ccccc1)[C@H](C[N+](=O)[O-])c1ccc(Cl)cc1. The van der Waals surface area contributed by atoms with Crippen LogP contribution in [0.25, 0.3) is 0 Å². The molecule has 0 spiro atoms. The molecule has 0 aliphatic carbocycles. The Morgan fingerprint density at radius 3 is 2.20 bits per heavy atom. The summed E-state index contributed by atoms with van der Waals surface area (Å²) in [7, 11) is 0. The fourth-order valence-electron chi connectivity index (χ4n) is 2.67. The predicted molar refractivity (Wildman–Crippen MR) is 91.3 cm³/mol. The van der Waals surface area contributed by atoms with Gasteiger partial charge in [0.2, 0.25) is 18.0 Å². The molecule has 0 fully saturated rings. The fraction of sp³-hybridized carbons (Fsp3) is 0.222. The molecule has 5 nitrogen and oxygen atoms in total. The minimum atomic E-state index is -3.05. The first-order chi connectivity index (χ1) is 11.8. The minimum Gasteiger partial charge on any atom is -0.296 e. The molecular formula is C18H15ClFNO4. The first-order valence-corrected chi connectivity index (χ1v) is 7.81. The van der Waals surface area contributed by atoms with Gasteiger partial charge < -0.3 is 0 Å². The number of carbonyl (C=O) groups excluding carboxylic acids is 2. The molecule has 2 atom stereocenters. The Hall–Kier alpha value is -2.60. The van der Waals surface area contributed by atoms with E-state index in [4.69, 9.17) is 11.6 Å². The van der Waals surface area contributed by atoms with Crippen molar-refractivity contribution >= 4 is 23.2 Å². The van der Waals surface area contributed by atoms with Gasteiger partial charge in [-0.05, 0) is 24.6 Å². The van der Waals surface area contributed by atoms with Crippen molar-refractivity contribution in [3.8, 4) is 0 Å². The van der Waals surface area contributed by atoms with Gasteiger partial charge in [0.1, 0.15) is 0 Å². The lowest BCUT2D eigenvalue weighted by atomic mass is 9.76. The Bertz CT molecular complexity index is 794. The lowest BCUT2D eigenvalue weighted by Crippen LogP contribution is -2.49. The van der Waals surface area contributed by atoms with Gasteiger partial charge in [-0.1, -0.05) is 54.1 Å². The molecule has 25 heavy (non-hydrogen) atoms. The van der Waals surface area contributed by atoms with E-state index in [0.717, 1.165) is 6.92 Å². The van der Waals surface area contributed by atoms with Crippen LogP contribution in [0.4, 0.5) is 4.39 Å². The van der Waals surface area contributed by atoms with Crippen LogP contribution in [0, 0.1) is 10.1 Å². The number of Topliss-reactive ketones (excluding diaryl/α,β-unsaturated/α-hetero) is 2. The van der Waals surface area contributed by atoms with Crippen LogP contribution < -0.4 is 0 Å². The standard InChI is InChI=1S/C18H15ClFNO4/c1-12(22)18(20,17(23)14-5-3-2-4-6-14)16(11-21(24)25)13-7-9-15(19)10-8-13/h2-10,16H,11H2,1H3/t16-,18-/m1/s1. The van der Waals surface area contributed by atoms with Gasteiger partial charge in [0, 0.05) is 15.5 Å². The highest BCUT2D eigenvalue weighted by molar-refractivity contribution is 6.30. The Kier molecular flexibility index (Phi) is 5.64. The van der Waals surface area contributed by atoms with E-state index in [0.29, 0.717) is 5.02 Å². The molecule has 0 radical (unpaired) electrons. The van der Waals surface area contributed by atoms with E-state index in [2.05, 4.69) is 0 Å². The van der Waals surface area contributed by atoms with E-state index in [1.54, 1.807) is 6.07 Å². The normalized spacial score (nSPS) is 14.4. The number of halogens is 2. The van der Waals surface area contributed by atoms with Gasteiger partial charge in [-0.15, -0.1) is 0 Å². The minimum absolute atomic E-state index is 0.0255. The first-order valence-electron chi connectivity index (χ1n) is 7.44. The van der Waals surface area contributed by atoms with Gasteiger partial charge in [0.05, 0.1) is 5.92 Å². The molecule has 0 aliphatic heterocycles. The van der Waals surface area contributed by atoms with Crippen LogP contribution in [-0.2, 0) is 4.79 Å². The molecule has 0 bridgehead atoms. The summed E-state index contributed by atoms with van der Waals surface area (Å²) in [6, 6.07) is 13.0. The van der Waals surface area contributed by atoms with Crippen molar-refractivity contribution in [1.29, 1.82) is 0 Å². The van der Waals surface area contributed by atoms with Crippen LogP contribution in [0.1, 0.15) is 28.8 Å². The zero-order valence-electron chi connectivity index (χ0n) is 13.3. The van der Waals surface area contributed by atoms with Crippen molar-refractivity contribution in [2.45, 2.75) is 18.5 Å². The Morgan fingerprint density at radius 2 is 1.72 bits per heavy atom. The summed E-state index contributed by atoms with van der Waals surface area (Å²) in [5, 5.41) is 11.4. The topological polar surface area (TPSA) is 77.3 Å². The highest BCUT2D eigenvalue weighted by Crippen LogP contribution is 2.36. The molecule has 2 aromatic carbocycles. The van der Waals surface area contributed by atoms with E-state index in [-0.39, 0.29) is 11.1 Å². The molecule has 130 valence electrons. The van der Waals surface area contributed by atoms with Crippen molar-refractivity contribution in [1.82, 2.24) is 0 Å². The van der Waals surface area contributed by atoms with Crippen LogP contribution in [0.15, 0.2) is 54.6 Å². The van der Waals surface area contributed by atoms with Crippen molar-refractivity contribution in [3.05, 3.63) is 80.9 Å². The Balaban J connectivity index is 2.59. The summed E-state index contributed by atoms with van der Waals surface area (Å²) in [4.78, 5) is 35.2. The molecule has 0 amide bonds. The largest absolute Gasteiger partial charge is 0.296 e. The maximum atomic E-state index is 15.8. The lowest BCUT2D eigenvalue weighted by Gasteiger charge is -2.28. The molecule has 2 aromatic rings. The highest BCUT2D eigenvalue weighted by atomic mass is 35.5. The van der Waals surface area contributed by atoms with Gasteiger partial charge in [-0.25, -0.2) is 4.39 Å². The summed E-state index contributed by atoms with van der Waals surface area (Å²) in [5.41, 5.74) is -2.92. The lowest BCUT2D eigenvalue weighted by molar-refractivity contribution is -0.485. The van der Waals surface area contributed by atoms with Crippen molar-refractivity contribution in [2.75, 3.05) is 6.54 Å². The monoisotopic (exact) mass is 363 g/mol. The number of rotatable bonds is 7. The summed E-state index contributed by atoms with van der Waals surface area (Å²) in [5.74, 6) is -3.74. The van der Waals surface area contributed by atoms with Gasteiger partial charge in [0.15, 0.2) is 5.78 Å². The first kappa shape index (κ1) is 18.7. The third-order valence-electron chi connectivity index (χ3n) is 3.96. The second-order valence-electron chi connectivity index (χ2n) is 5.58. The third-order valence-corrected chi connectivity index (χ3v) is 4.21. The highest BCUT2D eigenvalue weighted by Gasteiger charge is 2.53. The number of alkyl halides is 1. The summed E-state index contributed by atoms with van der Waals surface area (Å²) in [6.07, 6.45) is 0. The molecule has 0 saturated heterocycles.